The number of nitrogens with zero attached hydrogens (tertiary/aromatic N) is 2. The van der Waals surface area contributed by atoms with Crippen molar-refractivity contribution >= 4 is 27.5 Å². The number of carbonyl (C=O) groups is 2. The third kappa shape index (κ3) is 7.72. The fraction of sp³-hybridized carbons (Fsp3) is 0.375. The van der Waals surface area contributed by atoms with E-state index in [1.165, 1.54) is 4.90 Å². The summed E-state index contributed by atoms with van der Waals surface area (Å²) in [5.74, 6) is -0.682. The average molecular weight is 564 g/mol. The first-order chi connectivity index (χ1) is 19.1. The van der Waals surface area contributed by atoms with Gasteiger partial charge in [-0.05, 0) is 69.0 Å². The molecule has 3 aromatic rings. The van der Waals surface area contributed by atoms with Crippen molar-refractivity contribution in [3.05, 3.63) is 95.1 Å². The molecule has 1 N–H and O–H groups in total. The van der Waals surface area contributed by atoms with Crippen LogP contribution in [0.1, 0.15) is 55.4 Å². The van der Waals surface area contributed by atoms with Gasteiger partial charge in [-0.3, -0.25) is 13.9 Å². The van der Waals surface area contributed by atoms with Crippen molar-refractivity contribution < 1.29 is 18.0 Å². The van der Waals surface area contributed by atoms with E-state index in [9.17, 15) is 18.0 Å². The van der Waals surface area contributed by atoms with Gasteiger partial charge in [-0.1, -0.05) is 79.9 Å². The number of aryl methyl sites for hydroxylation is 3. The molecular formula is C32H41N3O4S. The van der Waals surface area contributed by atoms with Gasteiger partial charge in [-0.2, -0.15) is 0 Å². The van der Waals surface area contributed by atoms with Crippen molar-refractivity contribution in [3.63, 3.8) is 0 Å². The minimum absolute atomic E-state index is 0.0984. The van der Waals surface area contributed by atoms with Crippen LogP contribution in [0.15, 0.2) is 77.7 Å². The highest BCUT2D eigenvalue weighted by Gasteiger charge is 2.33. The number of carbonyl (C=O) groups excluding carboxylic acids is 2. The molecular weight excluding hydrogens is 522 g/mol. The highest BCUT2D eigenvalue weighted by atomic mass is 32.2. The van der Waals surface area contributed by atoms with E-state index in [0.717, 1.165) is 39.4 Å². The number of nitrogens with one attached hydrogen (secondary N) is 1. The number of benzene rings is 3. The highest BCUT2D eigenvalue weighted by Crippen LogP contribution is 2.26. The summed E-state index contributed by atoms with van der Waals surface area (Å²) in [7, 11) is -4.08. The molecule has 8 heteroatoms. The normalized spacial score (nSPS) is 12.0. The van der Waals surface area contributed by atoms with E-state index in [1.807, 2.05) is 71.0 Å². The van der Waals surface area contributed by atoms with Gasteiger partial charge in [0.1, 0.15) is 12.6 Å². The summed E-state index contributed by atoms with van der Waals surface area (Å²) >= 11 is 0. The maximum absolute atomic E-state index is 14.1. The first-order valence-corrected chi connectivity index (χ1v) is 15.3. The van der Waals surface area contributed by atoms with Crippen molar-refractivity contribution in [1.29, 1.82) is 0 Å². The smallest absolute Gasteiger partial charge is 0.264 e. The van der Waals surface area contributed by atoms with Crippen LogP contribution in [-0.4, -0.2) is 44.3 Å². The van der Waals surface area contributed by atoms with Gasteiger partial charge < -0.3 is 10.2 Å². The standard InChI is InChI=1S/C32H41N3O4S/c1-6-8-21-33-32(37)30(7-2)34(22-27-12-10-9-11-26(27)5)31(36)23-35(28-17-13-24(3)14-18-28)40(38,39)29-19-15-25(4)16-20-29/h9-20,30H,6-8,21-23H2,1-5H3,(H,33,37). The summed E-state index contributed by atoms with van der Waals surface area (Å²) in [6.45, 7) is 9.95. The molecule has 2 amide bonds. The van der Waals surface area contributed by atoms with E-state index < -0.39 is 28.5 Å². The first-order valence-electron chi connectivity index (χ1n) is 13.9. The quantitative estimate of drug-likeness (QED) is 0.277. The lowest BCUT2D eigenvalue weighted by atomic mass is 10.1. The molecule has 3 aromatic carbocycles. The molecule has 0 aliphatic rings. The number of sulfonamides is 1. The molecule has 0 heterocycles. The number of hydrogen-bond acceptors (Lipinski definition) is 4. The van der Waals surface area contributed by atoms with Crippen LogP contribution in [0.4, 0.5) is 5.69 Å². The molecule has 0 saturated carbocycles. The molecule has 1 atom stereocenters. The fourth-order valence-corrected chi connectivity index (χ4v) is 5.89. The lowest BCUT2D eigenvalue weighted by Gasteiger charge is -2.33. The molecule has 0 fully saturated rings. The molecule has 214 valence electrons. The number of amides is 2. The summed E-state index contributed by atoms with van der Waals surface area (Å²) in [5.41, 5.74) is 4.18. The predicted octanol–water partition coefficient (Wildman–Crippen LogP) is 5.53. The Kier molecular flexibility index (Phi) is 10.9. The molecule has 1 unspecified atom stereocenters. The van der Waals surface area contributed by atoms with Crippen LogP contribution in [-0.2, 0) is 26.2 Å². The maximum atomic E-state index is 14.1. The molecule has 7 nitrogen and oxygen atoms in total. The Labute approximate surface area is 239 Å². The Morgan fingerprint density at radius 3 is 2.02 bits per heavy atom. The molecule has 0 spiro atoms. The van der Waals surface area contributed by atoms with E-state index in [4.69, 9.17) is 0 Å². The average Bonchev–Trinajstić information content (AvgIpc) is 2.93. The maximum Gasteiger partial charge on any atom is 0.264 e. The van der Waals surface area contributed by atoms with E-state index in [1.54, 1.807) is 36.4 Å². The van der Waals surface area contributed by atoms with Crippen molar-refractivity contribution in [2.75, 3.05) is 17.4 Å². The van der Waals surface area contributed by atoms with Gasteiger partial charge in [0.05, 0.1) is 10.6 Å². The Morgan fingerprint density at radius 1 is 0.850 bits per heavy atom. The molecule has 0 aliphatic heterocycles. The lowest BCUT2D eigenvalue weighted by Crippen LogP contribution is -2.52. The molecule has 0 saturated heterocycles. The third-order valence-electron chi connectivity index (χ3n) is 7.03. The first kappa shape index (κ1) is 30.9. The van der Waals surface area contributed by atoms with Crippen LogP contribution in [0.25, 0.3) is 0 Å². The number of unbranched alkanes of at least 4 members (excludes halogenated alkanes) is 1. The Balaban J connectivity index is 2.04. The van der Waals surface area contributed by atoms with Gasteiger partial charge in [-0.25, -0.2) is 8.42 Å². The van der Waals surface area contributed by atoms with E-state index in [0.29, 0.717) is 18.7 Å². The minimum Gasteiger partial charge on any atom is -0.354 e. The Hall–Kier alpha value is -3.65. The zero-order valence-corrected chi connectivity index (χ0v) is 25.0. The summed E-state index contributed by atoms with van der Waals surface area (Å²) in [5, 5.41) is 2.96. The SMILES string of the molecule is CCCCNC(=O)C(CC)N(Cc1ccccc1C)C(=O)CN(c1ccc(C)cc1)S(=O)(=O)c1ccc(C)cc1. The van der Waals surface area contributed by atoms with Gasteiger partial charge in [-0.15, -0.1) is 0 Å². The van der Waals surface area contributed by atoms with E-state index in [2.05, 4.69) is 5.32 Å². The van der Waals surface area contributed by atoms with Crippen LogP contribution in [0.2, 0.25) is 0 Å². The Bertz CT molecular complexity index is 1390. The molecule has 0 aliphatic carbocycles. The van der Waals surface area contributed by atoms with Crippen LogP contribution < -0.4 is 9.62 Å². The van der Waals surface area contributed by atoms with E-state index >= 15 is 0 Å². The molecule has 0 bridgehead atoms. The fourth-order valence-electron chi connectivity index (χ4n) is 4.47. The van der Waals surface area contributed by atoms with Crippen molar-refractivity contribution in [3.8, 4) is 0 Å². The molecule has 0 radical (unpaired) electrons. The number of rotatable bonds is 13. The summed E-state index contributed by atoms with van der Waals surface area (Å²) in [4.78, 5) is 29.0. The summed E-state index contributed by atoms with van der Waals surface area (Å²) in [6, 6.07) is 20.6. The zero-order valence-electron chi connectivity index (χ0n) is 24.2. The minimum atomic E-state index is -4.08. The summed E-state index contributed by atoms with van der Waals surface area (Å²) < 4.78 is 29.0. The van der Waals surface area contributed by atoms with Gasteiger partial charge in [0.15, 0.2) is 0 Å². The van der Waals surface area contributed by atoms with Crippen LogP contribution in [0, 0.1) is 20.8 Å². The van der Waals surface area contributed by atoms with Crippen LogP contribution >= 0.6 is 0 Å². The van der Waals surface area contributed by atoms with Crippen molar-refractivity contribution in [2.45, 2.75) is 71.4 Å². The second-order valence-electron chi connectivity index (χ2n) is 10.2. The molecule has 0 aromatic heterocycles. The number of hydrogen-bond donors (Lipinski definition) is 1. The van der Waals surface area contributed by atoms with Gasteiger partial charge in [0, 0.05) is 13.1 Å². The second kappa shape index (κ2) is 14.1. The largest absolute Gasteiger partial charge is 0.354 e. The zero-order chi connectivity index (χ0) is 29.3. The van der Waals surface area contributed by atoms with Crippen LogP contribution in [0.3, 0.4) is 0 Å². The lowest BCUT2D eigenvalue weighted by molar-refractivity contribution is -0.140. The Morgan fingerprint density at radius 2 is 1.45 bits per heavy atom. The van der Waals surface area contributed by atoms with Gasteiger partial charge >= 0.3 is 0 Å². The predicted molar refractivity (Wildman–Crippen MR) is 161 cm³/mol. The van der Waals surface area contributed by atoms with E-state index in [-0.39, 0.29) is 17.3 Å². The molecule has 3 rings (SSSR count). The topological polar surface area (TPSA) is 86.8 Å². The van der Waals surface area contributed by atoms with Gasteiger partial charge in [0.25, 0.3) is 10.0 Å². The second-order valence-corrected chi connectivity index (χ2v) is 12.0. The summed E-state index contributed by atoms with van der Waals surface area (Å²) in [6.07, 6.45) is 2.17. The van der Waals surface area contributed by atoms with Crippen molar-refractivity contribution in [1.82, 2.24) is 10.2 Å². The van der Waals surface area contributed by atoms with Crippen molar-refractivity contribution in [2.24, 2.45) is 0 Å². The number of anilines is 1. The third-order valence-corrected chi connectivity index (χ3v) is 8.82. The van der Waals surface area contributed by atoms with Gasteiger partial charge in [0.2, 0.25) is 11.8 Å². The molecule has 40 heavy (non-hydrogen) atoms. The highest BCUT2D eigenvalue weighted by molar-refractivity contribution is 7.92. The van der Waals surface area contributed by atoms with Crippen LogP contribution in [0.5, 0.6) is 0 Å². The monoisotopic (exact) mass is 563 g/mol.